The van der Waals surface area contributed by atoms with E-state index in [4.69, 9.17) is 73.1 Å². The molecule has 2 aliphatic rings. The predicted molar refractivity (Wildman–Crippen MR) is 264 cm³/mol. The van der Waals surface area contributed by atoms with Crippen LogP contribution in [-0.2, 0) is 107 Å². The molecule has 78 heavy (non-hydrogen) atoms. The average molecular weight is 1110 g/mol. The monoisotopic (exact) mass is 1110 g/mol. The number of nitrogens with two attached hydrogens (primary N) is 2. The van der Waals surface area contributed by atoms with E-state index in [0.29, 0.717) is 38.5 Å². The molecule has 2 heterocycles. The quantitative estimate of drug-likeness (QED) is 0.0280. The fourth-order valence-corrected chi connectivity index (χ4v) is 8.15. The lowest BCUT2D eigenvalue weighted by molar-refractivity contribution is -0.291. The number of ether oxygens (including phenoxy) is 12. The van der Waals surface area contributed by atoms with Crippen molar-refractivity contribution in [3.8, 4) is 0 Å². The SMILES string of the molecule is CC(=O)OC[C@H]1O[C@@H](OCCCCCNC(=O)NOCC(COC(=O)NCCCCCO[C@@H]2O[C@H](COC(C)=O)[C@H](OC(C)=O)[C@H](OC(C)=O)[C@H]2CC(N)=O)OCc2ccccc2)[C@H](CC(N)=O)[C@@H](OC(C)=O)[C@H]1OC(C)=O. The van der Waals surface area contributed by atoms with Crippen LogP contribution in [0.5, 0.6) is 0 Å². The molecule has 28 nitrogen and oxygen atoms in total. The van der Waals surface area contributed by atoms with Crippen LogP contribution in [0, 0.1) is 11.8 Å². The molecule has 0 bridgehead atoms. The number of alkyl carbamates (subject to hydrolysis) is 1. The normalized spacial score (nSPS) is 23.0. The van der Waals surface area contributed by atoms with Crippen molar-refractivity contribution in [2.45, 2.75) is 155 Å². The van der Waals surface area contributed by atoms with E-state index in [2.05, 4.69) is 16.1 Å². The maximum Gasteiger partial charge on any atom is 0.407 e. The van der Waals surface area contributed by atoms with Gasteiger partial charge in [-0.2, -0.15) is 0 Å². The van der Waals surface area contributed by atoms with Crippen LogP contribution in [-0.4, -0.2) is 168 Å². The molecule has 2 aliphatic heterocycles. The zero-order valence-corrected chi connectivity index (χ0v) is 44.8. The van der Waals surface area contributed by atoms with Gasteiger partial charge in [-0.1, -0.05) is 30.3 Å². The summed E-state index contributed by atoms with van der Waals surface area (Å²) in [7, 11) is 0. The van der Waals surface area contributed by atoms with Crippen LogP contribution in [0.15, 0.2) is 30.3 Å². The third-order valence-corrected chi connectivity index (χ3v) is 11.4. The zero-order chi connectivity index (χ0) is 57.6. The Morgan fingerprint density at radius 3 is 1.42 bits per heavy atom. The van der Waals surface area contributed by atoms with E-state index in [1.54, 1.807) is 0 Å². The number of rotatable bonds is 34. The number of carbonyl (C=O) groups excluding carboxylic acids is 10. The van der Waals surface area contributed by atoms with Gasteiger partial charge in [0.2, 0.25) is 11.8 Å². The largest absolute Gasteiger partial charge is 0.463 e. The van der Waals surface area contributed by atoms with Crippen LogP contribution in [0.2, 0.25) is 0 Å². The van der Waals surface area contributed by atoms with Crippen LogP contribution >= 0.6 is 0 Å². The minimum Gasteiger partial charge on any atom is -0.463 e. The summed E-state index contributed by atoms with van der Waals surface area (Å²) in [6.07, 6.45) is -8.77. The smallest absolute Gasteiger partial charge is 0.407 e. The highest BCUT2D eigenvalue weighted by Gasteiger charge is 2.52. The maximum atomic E-state index is 12.7. The second kappa shape index (κ2) is 35.6. The lowest BCUT2D eigenvalue weighted by Gasteiger charge is -2.44. The van der Waals surface area contributed by atoms with E-state index in [-0.39, 0.29) is 72.2 Å². The number of hydroxylamine groups is 1. The Kier molecular flexibility index (Phi) is 30.0. The van der Waals surface area contributed by atoms with Crippen molar-refractivity contribution in [3.05, 3.63) is 35.9 Å². The van der Waals surface area contributed by atoms with E-state index >= 15 is 0 Å². The van der Waals surface area contributed by atoms with Gasteiger partial charge in [0.05, 0.1) is 18.4 Å². The molecule has 28 heteroatoms. The van der Waals surface area contributed by atoms with Crippen LogP contribution in [0.25, 0.3) is 0 Å². The first-order valence-corrected chi connectivity index (χ1v) is 25.4. The predicted octanol–water partition coefficient (Wildman–Crippen LogP) is 1.19. The lowest BCUT2D eigenvalue weighted by atomic mass is 9.87. The van der Waals surface area contributed by atoms with Gasteiger partial charge in [-0.3, -0.25) is 43.2 Å². The first-order chi connectivity index (χ1) is 37.1. The van der Waals surface area contributed by atoms with Crippen LogP contribution in [0.3, 0.4) is 0 Å². The van der Waals surface area contributed by atoms with E-state index in [1.807, 2.05) is 30.3 Å². The Bertz CT molecular complexity index is 2100. The highest BCUT2D eigenvalue weighted by molar-refractivity contribution is 5.75. The van der Waals surface area contributed by atoms with Crippen molar-refractivity contribution in [3.63, 3.8) is 0 Å². The minimum absolute atomic E-state index is 0.0888. The first kappa shape index (κ1) is 65.6. The molecule has 2 saturated heterocycles. The summed E-state index contributed by atoms with van der Waals surface area (Å²) in [6, 6.07) is 8.54. The Balaban J connectivity index is 1.43. The maximum absolute atomic E-state index is 12.7. The Hall–Kier alpha value is -6.72. The van der Waals surface area contributed by atoms with E-state index < -0.39 is 127 Å². The van der Waals surface area contributed by atoms with Crippen molar-refractivity contribution in [1.29, 1.82) is 0 Å². The Morgan fingerprint density at radius 1 is 0.538 bits per heavy atom. The third kappa shape index (κ3) is 26.1. The van der Waals surface area contributed by atoms with E-state index in [0.717, 1.165) is 33.3 Å². The van der Waals surface area contributed by atoms with Crippen molar-refractivity contribution in [2.75, 3.05) is 52.7 Å². The van der Waals surface area contributed by atoms with Gasteiger partial charge < -0.3 is 78.9 Å². The molecule has 438 valence electrons. The second-order valence-corrected chi connectivity index (χ2v) is 18.1. The fourth-order valence-electron chi connectivity index (χ4n) is 8.15. The molecule has 0 radical (unpaired) electrons. The average Bonchev–Trinajstić information content (AvgIpc) is 3.46. The summed E-state index contributed by atoms with van der Waals surface area (Å²) in [4.78, 5) is 126. The van der Waals surface area contributed by atoms with Crippen LogP contribution in [0.1, 0.15) is 98.5 Å². The molecule has 3 rings (SSSR count). The summed E-state index contributed by atoms with van der Waals surface area (Å²) in [5.41, 5.74) is 14.1. The van der Waals surface area contributed by atoms with Gasteiger partial charge in [0.25, 0.3) is 0 Å². The summed E-state index contributed by atoms with van der Waals surface area (Å²) in [5, 5.41) is 5.32. The molecular formula is C50H75N5O23. The van der Waals surface area contributed by atoms with Crippen molar-refractivity contribution in [1.82, 2.24) is 16.1 Å². The molecule has 5 amide bonds. The number of hydrogen-bond donors (Lipinski definition) is 5. The van der Waals surface area contributed by atoms with Gasteiger partial charge >= 0.3 is 47.9 Å². The number of primary amides is 2. The van der Waals surface area contributed by atoms with Gasteiger partial charge in [-0.15, -0.1) is 0 Å². The fraction of sp³-hybridized carbons (Fsp3) is 0.680. The number of esters is 6. The summed E-state index contributed by atoms with van der Waals surface area (Å²) in [6.45, 7) is 6.48. The van der Waals surface area contributed by atoms with E-state index in [1.165, 1.54) is 13.8 Å². The third-order valence-electron chi connectivity index (χ3n) is 11.4. The zero-order valence-electron chi connectivity index (χ0n) is 44.8. The summed E-state index contributed by atoms with van der Waals surface area (Å²) >= 11 is 0. The molecular weight excluding hydrogens is 1040 g/mol. The standard InChI is InChI=1S/C50H75N5O23/c1-29(56)68-27-39-45(75-33(5)60)43(73-31(3)58)37(22-41(51)62)47(77-39)66-20-14-8-12-18-53-49(64)55-72-26-36(70-24-35-16-10-7-11-17-35)25-71-50(65)54-19-13-9-15-21-67-48-38(23-42(52)63)44(74-32(4)59)46(76-34(6)61)40(78-48)28-69-30(2)57/h7,10-11,16-17,36-40,43-48H,8-9,12-15,18-28H2,1-6H3,(H2,51,62)(H2,52,63)(H,54,65)(H2,53,55,64)/t36?,37-,38-,39-,40-,43-,44-,45+,46+,47-,48-/m1/s1. The van der Waals surface area contributed by atoms with Gasteiger partial charge in [0, 0.05) is 80.7 Å². The highest BCUT2D eigenvalue weighted by atomic mass is 16.7. The number of unbranched alkanes of at least 4 members (excludes halogenated alkanes) is 4. The van der Waals surface area contributed by atoms with Gasteiger partial charge in [-0.05, 0) is 44.1 Å². The van der Waals surface area contributed by atoms with Crippen molar-refractivity contribution in [2.24, 2.45) is 23.3 Å². The number of carbonyl (C=O) groups is 10. The van der Waals surface area contributed by atoms with Crippen LogP contribution in [0.4, 0.5) is 9.59 Å². The Labute approximate surface area is 451 Å². The topological polar surface area (TPSA) is 379 Å². The molecule has 0 spiro atoms. The molecule has 1 aromatic rings. The van der Waals surface area contributed by atoms with E-state index in [9.17, 15) is 47.9 Å². The van der Waals surface area contributed by atoms with Crippen LogP contribution < -0.4 is 27.6 Å². The molecule has 0 aliphatic carbocycles. The molecule has 7 N–H and O–H groups in total. The second-order valence-electron chi connectivity index (χ2n) is 18.1. The minimum atomic E-state index is -1.25. The Morgan fingerprint density at radius 2 is 0.987 bits per heavy atom. The number of hydrogen-bond acceptors (Lipinski definition) is 23. The first-order valence-electron chi connectivity index (χ1n) is 25.4. The van der Waals surface area contributed by atoms with Crippen molar-refractivity contribution < 1.29 is 110 Å². The molecule has 2 fully saturated rings. The lowest BCUT2D eigenvalue weighted by Crippen LogP contribution is -2.59. The number of amides is 5. The number of benzene rings is 1. The molecule has 0 aromatic heterocycles. The molecule has 1 aromatic carbocycles. The van der Waals surface area contributed by atoms with Gasteiger partial charge in [0.1, 0.15) is 56.9 Å². The highest BCUT2D eigenvalue weighted by Crippen LogP contribution is 2.36. The summed E-state index contributed by atoms with van der Waals surface area (Å²) < 4.78 is 67.3. The van der Waals surface area contributed by atoms with Gasteiger partial charge in [-0.25, -0.2) is 15.1 Å². The summed E-state index contributed by atoms with van der Waals surface area (Å²) in [5.74, 6) is -7.71. The number of urea groups is 1. The number of nitrogens with one attached hydrogen (secondary N) is 3. The van der Waals surface area contributed by atoms with Crippen molar-refractivity contribution >= 4 is 59.8 Å². The molecule has 0 saturated carbocycles. The molecule has 11 atom stereocenters. The molecule has 1 unspecified atom stereocenters. The van der Waals surface area contributed by atoms with Gasteiger partial charge in [0.15, 0.2) is 24.8 Å².